The van der Waals surface area contributed by atoms with E-state index < -0.39 is 18.7 Å². The molecule has 0 aliphatic carbocycles. The summed E-state index contributed by atoms with van der Waals surface area (Å²) in [5.74, 6) is 0.249. The second kappa shape index (κ2) is 10.3. The van der Waals surface area contributed by atoms with Gasteiger partial charge in [0.2, 0.25) is 5.91 Å². The van der Waals surface area contributed by atoms with Crippen molar-refractivity contribution < 1.29 is 28.2 Å². The first kappa shape index (κ1) is 24.0. The number of H-pyrrole nitrogens is 1. The van der Waals surface area contributed by atoms with E-state index in [0.717, 1.165) is 12.8 Å². The normalized spacial score (nSPS) is 17.1. The van der Waals surface area contributed by atoms with Crippen LogP contribution in [0.5, 0.6) is 5.75 Å². The van der Waals surface area contributed by atoms with Crippen molar-refractivity contribution in [3.8, 4) is 17.0 Å². The highest BCUT2D eigenvalue weighted by Crippen LogP contribution is 2.32. The zero-order chi connectivity index (χ0) is 23.4. The van der Waals surface area contributed by atoms with Crippen molar-refractivity contribution in [3.05, 3.63) is 34.7 Å². The molecule has 32 heavy (non-hydrogen) atoms. The number of carbonyl (C=O) groups is 2. The van der Waals surface area contributed by atoms with Crippen LogP contribution in [0.1, 0.15) is 32.5 Å². The SMILES string of the molecule is CC(C)[C@H](NC(=O)O)C(=O)N1CCC[C@H]1Cc1ncc(-c2ccc(Br)c(OC(F)F)c2)[nH]1. The van der Waals surface area contributed by atoms with Gasteiger partial charge >= 0.3 is 12.7 Å². The molecule has 8 nitrogen and oxygen atoms in total. The number of likely N-dealkylation sites (tertiary alicyclic amines) is 1. The van der Waals surface area contributed by atoms with Crippen molar-refractivity contribution in [3.63, 3.8) is 0 Å². The fourth-order valence-electron chi connectivity index (χ4n) is 3.86. The molecule has 0 unspecified atom stereocenters. The van der Waals surface area contributed by atoms with E-state index in [1.165, 1.54) is 6.07 Å². The van der Waals surface area contributed by atoms with Crippen molar-refractivity contribution in [1.82, 2.24) is 20.2 Å². The maximum atomic E-state index is 13.0. The van der Waals surface area contributed by atoms with Gasteiger partial charge < -0.3 is 25.0 Å². The Morgan fingerprint density at radius 2 is 2.16 bits per heavy atom. The Kier molecular flexibility index (Phi) is 7.70. The molecule has 2 aromatic rings. The summed E-state index contributed by atoms with van der Waals surface area (Å²) in [6, 6.07) is 3.93. The number of nitrogens with zero attached hydrogens (tertiary/aromatic N) is 2. The van der Waals surface area contributed by atoms with Gasteiger partial charge in [-0.05, 0) is 46.8 Å². The van der Waals surface area contributed by atoms with Gasteiger partial charge in [-0.3, -0.25) is 4.79 Å². The standard InChI is InChI=1S/C21H25BrF2N4O4/c1-11(2)18(27-21(30)31)19(29)28-7-3-4-13(28)9-17-25-10-15(26-17)12-5-6-14(22)16(8-12)32-20(23)24/h5-6,8,10-11,13,18,20,27H,3-4,7,9H2,1-2H3,(H,25,26)(H,30,31)/t13-,18-/m0/s1. The van der Waals surface area contributed by atoms with Crippen molar-refractivity contribution in [2.75, 3.05) is 6.54 Å². The lowest BCUT2D eigenvalue weighted by atomic mass is 10.0. The molecule has 0 bridgehead atoms. The lowest BCUT2D eigenvalue weighted by Gasteiger charge is -2.30. The highest BCUT2D eigenvalue weighted by atomic mass is 79.9. The van der Waals surface area contributed by atoms with Crippen LogP contribution in [0.25, 0.3) is 11.3 Å². The van der Waals surface area contributed by atoms with Crippen LogP contribution in [-0.4, -0.2) is 57.2 Å². The number of nitrogens with one attached hydrogen (secondary N) is 2. The molecule has 1 saturated heterocycles. The smallest absolute Gasteiger partial charge is 0.405 e. The molecule has 2 atom stereocenters. The summed E-state index contributed by atoms with van der Waals surface area (Å²) in [4.78, 5) is 33.4. The largest absolute Gasteiger partial charge is 0.465 e. The monoisotopic (exact) mass is 514 g/mol. The molecular formula is C21H25BrF2N4O4. The fourth-order valence-corrected chi connectivity index (χ4v) is 4.20. The number of carbonyl (C=O) groups excluding carboxylic acids is 1. The van der Waals surface area contributed by atoms with E-state index >= 15 is 0 Å². The van der Waals surface area contributed by atoms with Crippen LogP contribution < -0.4 is 10.1 Å². The average molecular weight is 515 g/mol. The van der Waals surface area contributed by atoms with E-state index in [0.29, 0.717) is 34.5 Å². The molecule has 11 heteroatoms. The maximum absolute atomic E-state index is 13.0. The Balaban J connectivity index is 1.73. The molecule has 3 rings (SSSR count). The van der Waals surface area contributed by atoms with E-state index in [1.807, 2.05) is 0 Å². The summed E-state index contributed by atoms with van der Waals surface area (Å²) in [5.41, 5.74) is 1.27. The molecule has 1 aliphatic rings. The number of rotatable bonds is 8. The molecule has 0 saturated carbocycles. The Morgan fingerprint density at radius 1 is 1.41 bits per heavy atom. The molecule has 1 aliphatic heterocycles. The Morgan fingerprint density at radius 3 is 2.81 bits per heavy atom. The van der Waals surface area contributed by atoms with Crippen LogP contribution >= 0.6 is 15.9 Å². The number of alkyl halides is 2. The number of carboxylic acid groups (broad SMARTS) is 1. The maximum Gasteiger partial charge on any atom is 0.405 e. The summed E-state index contributed by atoms with van der Waals surface area (Å²) >= 11 is 3.19. The Hall–Kier alpha value is -2.69. The molecule has 3 N–H and O–H groups in total. The van der Waals surface area contributed by atoms with E-state index in [9.17, 15) is 18.4 Å². The minimum atomic E-state index is -2.94. The minimum absolute atomic E-state index is 0.0203. The first-order chi connectivity index (χ1) is 15.2. The number of halogens is 3. The van der Waals surface area contributed by atoms with Crippen molar-refractivity contribution in [2.45, 2.75) is 51.8 Å². The highest BCUT2D eigenvalue weighted by Gasteiger charge is 2.35. The average Bonchev–Trinajstić information content (AvgIpc) is 3.36. The van der Waals surface area contributed by atoms with Gasteiger partial charge in [-0.25, -0.2) is 9.78 Å². The van der Waals surface area contributed by atoms with Gasteiger partial charge in [-0.1, -0.05) is 19.9 Å². The zero-order valence-electron chi connectivity index (χ0n) is 17.6. The molecule has 2 heterocycles. The topological polar surface area (TPSA) is 108 Å². The van der Waals surface area contributed by atoms with Crippen LogP contribution in [0, 0.1) is 5.92 Å². The third-order valence-corrected chi connectivity index (χ3v) is 6.04. The number of aromatic nitrogens is 2. The first-order valence-electron chi connectivity index (χ1n) is 10.2. The quantitative estimate of drug-likeness (QED) is 0.487. The number of amides is 2. The number of aromatic amines is 1. The van der Waals surface area contributed by atoms with Crippen molar-refractivity contribution in [1.29, 1.82) is 0 Å². The van der Waals surface area contributed by atoms with Crippen molar-refractivity contribution in [2.24, 2.45) is 5.92 Å². The number of hydrogen-bond acceptors (Lipinski definition) is 4. The predicted octanol–water partition coefficient (Wildman–Crippen LogP) is 4.27. The lowest BCUT2D eigenvalue weighted by Crippen LogP contribution is -2.52. The zero-order valence-corrected chi connectivity index (χ0v) is 19.2. The Bertz CT molecular complexity index is 969. The number of hydrogen-bond donors (Lipinski definition) is 3. The molecular weight excluding hydrogens is 490 g/mol. The van der Waals surface area contributed by atoms with Crippen LogP contribution in [0.3, 0.4) is 0 Å². The van der Waals surface area contributed by atoms with Crippen molar-refractivity contribution >= 4 is 27.9 Å². The minimum Gasteiger partial charge on any atom is -0.465 e. The molecule has 1 aromatic carbocycles. The van der Waals surface area contributed by atoms with Gasteiger partial charge in [-0.2, -0.15) is 8.78 Å². The third-order valence-electron chi connectivity index (χ3n) is 5.39. The van der Waals surface area contributed by atoms with Gasteiger partial charge in [0.25, 0.3) is 0 Å². The molecule has 1 fully saturated rings. The van der Waals surface area contributed by atoms with Crippen LogP contribution in [-0.2, 0) is 11.2 Å². The highest BCUT2D eigenvalue weighted by molar-refractivity contribution is 9.10. The van der Waals surface area contributed by atoms with Gasteiger partial charge in [0.15, 0.2) is 0 Å². The van der Waals surface area contributed by atoms with Crippen LogP contribution in [0.4, 0.5) is 13.6 Å². The number of ether oxygens (including phenoxy) is 1. The van der Waals surface area contributed by atoms with E-state index in [4.69, 9.17) is 5.11 Å². The molecule has 0 radical (unpaired) electrons. The molecule has 174 valence electrons. The van der Waals surface area contributed by atoms with Crippen LogP contribution in [0.2, 0.25) is 0 Å². The first-order valence-corrected chi connectivity index (χ1v) is 11.0. The number of imidazole rings is 1. The van der Waals surface area contributed by atoms with Gasteiger partial charge in [-0.15, -0.1) is 0 Å². The summed E-state index contributed by atoms with van der Waals surface area (Å²) in [5, 5.41) is 11.4. The summed E-state index contributed by atoms with van der Waals surface area (Å²) in [6.45, 7) is 1.22. The van der Waals surface area contributed by atoms with Gasteiger partial charge in [0.1, 0.15) is 17.6 Å². The lowest BCUT2D eigenvalue weighted by molar-refractivity contribution is -0.135. The second-order valence-electron chi connectivity index (χ2n) is 7.97. The predicted molar refractivity (Wildman–Crippen MR) is 117 cm³/mol. The summed E-state index contributed by atoms with van der Waals surface area (Å²) in [6.07, 6.45) is 2.45. The van der Waals surface area contributed by atoms with E-state index in [1.54, 1.807) is 37.1 Å². The summed E-state index contributed by atoms with van der Waals surface area (Å²) in [7, 11) is 0. The van der Waals surface area contributed by atoms with E-state index in [-0.39, 0.29) is 23.6 Å². The fraction of sp³-hybridized carbons (Fsp3) is 0.476. The Labute approximate surface area is 192 Å². The molecule has 1 aromatic heterocycles. The van der Waals surface area contributed by atoms with Gasteiger partial charge in [0, 0.05) is 24.6 Å². The summed E-state index contributed by atoms with van der Waals surface area (Å²) < 4.78 is 30.2. The number of benzene rings is 1. The molecule has 0 spiro atoms. The van der Waals surface area contributed by atoms with E-state index in [2.05, 4.69) is 36.0 Å². The molecule has 2 amide bonds. The second-order valence-corrected chi connectivity index (χ2v) is 8.82. The van der Waals surface area contributed by atoms with Crippen LogP contribution in [0.15, 0.2) is 28.9 Å². The van der Waals surface area contributed by atoms with Gasteiger partial charge in [0.05, 0.1) is 16.4 Å². The third kappa shape index (κ3) is 5.76.